The number of hydrogen-bond acceptors (Lipinski definition) is 8. The Kier molecular flexibility index (Phi) is 13.4. The number of carbonyl (C=O) groups is 2. The van der Waals surface area contributed by atoms with Crippen molar-refractivity contribution in [3.63, 3.8) is 0 Å². The van der Waals surface area contributed by atoms with E-state index in [2.05, 4.69) is 0 Å². The van der Waals surface area contributed by atoms with Crippen LogP contribution < -0.4 is 9.47 Å². The number of halogens is 2. The molecule has 2 atom stereocenters. The van der Waals surface area contributed by atoms with Gasteiger partial charge in [0.05, 0.1) is 13.2 Å². The Bertz CT molecular complexity index is 925. The molecule has 0 aliphatic heterocycles. The van der Waals surface area contributed by atoms with Gasteiger partial charge in [0.2, 0.25) is 0 Å². The second kappa shape index (κ2) is 16.8. The highest BCUT2D eigenvalue weighted by atomic mass is 19.1. The molecule has 10 heteroatoms. The fourth-order valence-electron chi connectivity index (χ4n) is 2.70. The Balaban J connectivity index is 1.99. The highest BCUT2D eigenvalue weighted by molar-refractivity contribution is 5.82. The standard InChI is InChI=1S/C27H30F2O8/c1-3-32-26(30)15-13-24(17-34-22-9-5-20(28)6-10-22)36-19-37-25(14-16-27(31)33-4-2)18-35-23-11-7-21(29)8-12-23/h5-16,24-25H,3-4,17-19H2,1-2H3/t24-,25-/m1/s1. The highest BCUT2D eigenvalue weighted by Crippen LogP contribution is 2.14. The molecule has 2 rings (SSSR count). The molecule has 0 bridgehead atoms. The van der Waals surface area contributed by atoms with Gasteiger partial charge in [-0.25, -0.2) is 18.4 Å². The summed E-state index contributed by atoms with van der Waals surface area (Å²) in [7, 11) is 0. The monoisotopic (exact) mass is 520 g/mol. The zero-order chi connectivity index (χ0) is 26.9. The summed E-state index contributed by atoms with van der Waals surface area (Å²) in [4.78, 5) is 23.4. The van der Waals surface area contributed by atoms with Gasteiger partial charge in [-0.15, -0.1) is 0 Å². The molecular weight excluding hydrogens is 490 g/mol. The summed E-state index contributed by atoms with van der Waals surface area (Å²) >= 11 is 0. The van der Waals surface area contributed by atoms with E-state index in [0.29, 0.717) is 11.5 Å². The predicted octanol–water partition coefficient (Wildman–Crippen LogP) is 4.39. The van der Waals surface area contributed by atoms with Crippen LogP contribution in [0.5, 0.6) is 11.5 Å². The van der Waals surface area contributed by atoms with Crippen molar-refractivity contribution in [2.45, 2.75) is 26.1 Å². The van der Waals surface area contributed by atoms with E-state index in [1.54, 1.807) is 13.8 Å². The van der Waals surface area contributed by atoms with E-state index in [-0.39, 0.29) is 33.2 Å². The third-order valence-electron chi connectivity index (χ3n) is 4.49. The van der Waals surface area contributed by atoms with Gasteiger partial charge >= 0.3 is 11.9 Å². The Hall–Kier alpha value is -3.76. The van der Waals surface area contributed by atoms with E-state index in [1.807, 2.05) is 0 Å². The molecule has 0 saturated carbocycles. The number of benzene rings is 2. The molecule has 0 aliphatic carbocycles. The molecule has 0 aromatic heterocycles. The minimum absolute atomic E-state index is 0.0136. The summed E-state index contributed by atoms with van der Waals surface area (Å²) in [5, 5.41) is 0. The van der Waals surface area contributed by atoms with Crippen molar-refractivity contribution in [3.05, 3.63) is 84.5 Å². The quantitative estimate of drug-likeness (QED) is 0.183. The average Bonchev–Trinajstić information content (AvgIpc) is 2.88. The zero-order valence-electron chi connectivity index (χ0n) is 20.6. The number of ether oxygens (including phenoxy) is 6. The lowest BCUT2D eigenvalue weighted by Gasteiger charge is -2.19. The number of rotatable bonds is 16. The summed E-state index contributed by atoms with van der Waals surface area (Å²) in [6.45, 7) is 3.50. The molecule has 0 spiro atoms. The van der Waals surface area contributed by atoms with Crippen molar-refractivity contribution in [3.8, 4) is 11.5 Å². The summed E-state index contributed by atoms with van der Waals surface area (Å²) in [6.07, 6.45) is 3.84. The van der Waals surface area contributed by atoms with Crippen LogP contribution in [-0.4, -0.2) is 57.4 Å². The van der Waals surface area contributed by atoms with Gasteiger partial charge < -0.3 is 28.4 Å². The molecule has 0 radical (unpaired) electrons. The molecule has 0 amide bonds. The van der Waals surface area contributed by atoms with Gasteiger partial charge in [0.15, 0.2) is 0 Å². The number of carbonyl (C=O) groups excluding carboxylic acids is 2. The van der Waals surface area contributed by atoms with Crippen molar-refractivity contribution in [2.75, 3.05) is 33.2 Å². The number of esters is 2. The molecule has 0 unspecified atom stereocenters. The van der Waals surface area contributed by atoms with Crippen LogP contribution in [0.3, 0.4) is 0 Å². The van der Waals surface area contributed by atoms with Crippen LogP contribution in [0.25, 0.3) is 0 Å². The van der Waals surface area contributed by atoms with E-state index >= 15 is 0 Å². The van der Waals surface area contributed by atoms with Crippen molar-refractivity contribution < 1.29 is 46.8 Å². The first-order valence-electron chi connectivity index (χ1n) is 11.6. The second-order valence-electron chi connectivity index (χ2n) is 7.28. The Morgan fingerprint density at radius 3 is 1.43 bits per heavy atom. The Morgan fingerprint density at radius 2 is 1.08 bits per heavy atom. The fraction of sp³-hybridized carbons (Fsp3) is 0.333. The average molecular weight is 521 g/mol. The summed E-state index contributed by atoms with van der Waals surface area (Å²) in [6, 6.07) is 10.9. The first-order chi connectivity index (χ1) is 17.9. The van der Waals surface area contributed by atoms with Gasteiger partial charge in [-0.05, 0) is 74.5 Å². The molecule has 0 saturated heterocycles. The van der Waals surface area contributed by atoms with Crippen molar-refractivity contribution in [2.24, 2.45) is 0 Å². The molecule has 0 fully saturated rings. The third kappa shape index (κ3) is 12.7. The molecule has 200 valence electrons. The van der Waals surface area contributed by atoms with E-state index in [4.69, 9.17) is 28.4 Å². The normalized spacial score (nSPS) is 12.9. The molecule has 0 N–H and O–H groups in total. The van der Waals surface area contributed by atoms with E-state index in [1.165, 1.54) is 72.8 Å². The van der Waals surface area contributed by atoms with Crippen molar-refractivity contribution in [1.29, 1.82) is 0 Å². The first kappa shape index (κ1) is 29.5. The predicted molar refractivity (Wildman–Crippen MR) is 130 cm³/mol. The van der Waals surface area contributed by atoms with Crippen molar-refractivity contribution >= 4 is 11.9 Å². The van der Waals surface area contributed by atoms with Crippen LogP contribution in [0.2, 0.25) is 0 Å². The Labute approximate surface area is 214 Å². The summed E-state index contributed by atoms with van der Waals surface area (Å²) in [5.41, 5.74) is 0. The smallest absolute Gasteiger partial charge is 0.330 e. The zero-order valence-corrected chi connectivity index (χ0v) is 20.6. The highest BCUT2D eigenvalue weighted by Gasteiger charge is 2.13. The summed E-state index contributed by atoms with van der Waals surface area (Å²) in [5.74, 6) is -1.10. The van der Waals surface area contributed by atoms with Gasteiger partial charge in [-0.1, -0.05) is 0 Å². The van der Waals surface area contributed by atoms with E-state index < -0.39 is 35.8 Å². The van der Waals surface area contributed by atoms with Crippen LogP contribution in [0.1, 0.15) is 13.8 Å². The number of hydrogen-bond donors (Lipinski definition) is 0. The van der Waals surface area contributed by atoms with Gasteiger partial charge in [0, 0.05) is 12.2 Å². The second-order valence-corrected chi connectivity index (χ2v) is 7.28. The maximum Gasteiger partial charge on any atom is 0.330 e. The van der Waals surface area contributed by atoms with E-state index in [9.17, 15) is 18.4 Å². The minimum atomic E-state index is -0.734. The van der Waals surface area contributed by atoms with Crippen LogP contribution in [0.15, 0.2) is 72.8 Å². The maximum atomic E-state index is 13.1. The lowest BCUT2D eigenvalue weighted by atomic mass is 10.3. The molecule has 0 heterocycles. The molecule has 2 aromatic rings. The van der Waals surface area contributed by atoms with Gasteiger partial charge in [-0.3, -0.25) is 0 Å². The fourth-order valence-corrected chi connectivity index (χ4v) is 2.70. The minimum Gasteiger partial charge on any atom is -0.491 e. The van der Waals surface area contributed by atoms with Crippen LogP contribution in [0.4, 0.5) is 8.78 Å². The van der Waals surface area contributed by atoms with Gasteiger partial charge in [0.1, 0.15) is 55.3 Å². The molecule has 37 heavy (non-hydrogen) atoms. The topological polar surface area (TPSA) is 89.5 Å². The maximum absolute atomic E-state index is 13.1. The SMILES string of the molecule is CCOC(=O)C=C[C@H](COc1ccc(F)cc1)OCO[C@H](C=CC(=O)OCC)COc1ccc(F)cc1. The lowest BCUT2D eigenvalue weighted by molar-refractivity contribution is -0.138. The summed E-state index contributed by atoms with van der Waals surface area (Å²) < 4.78 is 58.6. The third-order valence-corrected chi connectivity index (χ3v) is 4.49. The van der Waals surface area contributed by atoms with E-state index in [0.717, 1.165) is 0 Å². The van der Waals surface area contributed by atoms with Crippen molar-refractivity contribution in [1.82, 2.24) is 0 Å². The first-order valence-corrected chi connectivity index (χ1v) is 11.6. The molecule has 2 aromatic carbocycles. The lowest BCUT2D eigenvalue weighted by Crippen LogP contribution is -2.26. The van der Waals surface area contributed by atoms with Crippen LogP contribution in [-0.2, 0) is 28.5 Å². The van der Waals surface area contributed by atoms with Gasteiger partial charge in [-0.2, -0.15) is 0 Å². The molecule has 0 aliphatic rings. The molecule has 8 nitrogen and oxygen atoms in total. The van der Waals surface area contributed by atoms with Crippen LogP contribution in [0, 0.1) is 11.6 Å². The Morgan fingerprint density at radius 1 is 0.703 bits per heavy atom. The van der Waals surface area contributed by atoms with Crippen LogP contribution >= 0.6 is 0 Å². The van der Waals surface area contributed by atoms with Gasteiger partial charge in [0.25, 0.3) is 0 Å². The molecular formula is C27H30F2O8. The largest absolute Gasteiger partial charge is 0.491 e.